The molecule has 2 aliphatic rings. The first kappa shape index (κ1) is 17.1. The third-order valence-electron chi connectivity index (χ3n) is 7.04. The minimum absolute atomic E-state index is 0.236. The average molecular weight is 380 g/mol. The number of nitrogens with zero attached hydrogens (tertiary/aromatic N) is 1. The Kier molecular flexibility index (Phi) is 3.88. The fraction of sp³-hybridized carbons (Fsp3) is 0.259. The van der Waals surface area contributed by atoms with Gasteiger partial charge in [0.05, 0.1) is 6.04 Å². The van der Waals surface area contributed by atoms with Gasteiger partial charge in [0.2, 0.25) is 0 Å². The molecule has 144 valence electrons. The molecule has 0 fully saturated rings. The van der Waals surface area contributed by atoms with Crippen molar-refractivity contribution >= 4 is 27.2 Å². The molecule has 0 bridgehead atoms. The van der Waals surface area contributed by atoms with Crippen molar-refractivity contribution in [3.8, 4) is 0 Å². The number of rotatable bonds is 2. The monoisotopic (exact) mass is 379 g/mol. The highest BCUT2D eigenvalue weighted by molar-refractivity contribution is 6.15. The topological polar surface area (TPSA) is 23.5 Å². The summed E-state index contributed by atoms with van der Waals surface area (Å²) in [4.78, 5) is 2.67. The van der Waals surface area contributed by atoms with Gasteiger partial charge in [0.15, 0.2) is 0 Å². The molecule has 0 spiro atoms. The number of hydrogen-bond acceptors (Lipinski definition) is 2. The number of aliphatic hydroxyl groups excluding tert-OH is 1. The lowest BCUT2D eigenvalue weighted by Gasteiger charge is -2.47. The molecule has 2 nitrogen and oxygen atoms in total. The highest BCUT2D eigenvalue weighted by atomic mass is 16.3. The Bertz CT molecular complexity index is 1230. The van der Waals surface area contributed by atoms with Gasteiger partial charge >= 0.3 is 0 Å². The number of anilines is 1. The number of hydrogen-bond donors (Lipinski definition) is 1. The lowest BCUT2D eigenvalue weighted by atomic mass is 9.75. The maximum atomic E-state index is 9.91. The molecule has 4 aromatic rings. The third kappa shape index (κ3) is 2.45. The maximum Gasteiger partial charge on any atom is 0.0551 e. The minimum Gasteiger partial charge on any atom is -0.396 e. The van der Waals surface area contributed by atoms with Gasteiger partial charge in [-0.3, -0.25) is 0 Å². The van der Waals surface area contributed by atoms with Crippen molar-refractivity contribution in [3.63, 3.8) is 0 Å². The van der Waals surface area contributed by atoms with Crippen molar-refractivity contribution in [3.05, 3.63) is 89.5 Å². The molecule has 0 saturated heterocycles. The summed E-state index contributed by atoms with van der Waals surface area (Å²) in [7, 11) is 0. The Morgan fingerprint density at radius 2 is 1.45 bits per heavy atom. The fourth-order valence-corrected chi connectivity index (χ4v) is 5.85. The highest BCUT2D eigenvalue weighted by Crippen LogP contribution is 2.53. The van der Waals surface area contributed by atoms with E-state index in [9.17, 15) is 5.11 Å². The van der Waals surface area contributed by atoms with Crippen LogP contribution in [0.3, 0.4) is 0 Å². The predicted octanol–water partition coefficient (Wildman–Crippen LogP) is 5.97. The Balaban J connectivity index is 1.70. The Morgan fingerprint density at radius 1 is 0.793 bits per heavy atom. The summed E-state index contributed by atoms with van der Waals surface area (Å²) >= 11 is 0. The number of benzene rings is 4. The molecule has 1 N–H and O–H groups in total. The molecule has 0 aliphatic carbocycles. The number of fused-ring (bicyclic) bond motifs is 10. The van der Waals surface area contributed by atoms with E-state index in [2.05, 4.69) is 77.7 Å². The SMILES string of the molecule is OCC[C@@H]1C[C@@H]2c3ccccc3CCN2c2c1c1ccccc1c1ccccc21. The lowest BCUT2D eigenvalue weighted by Crippen LogP contribution is -2.40. The standard InChI is InChI=1S/C27H25NO/c29-16-14-19-17-25-20-8-2-1-7-18(20)13-15-28(25)27-24-12-6-4-10-22(24)21-9-3-5-11-23(21)26(19)27/h1-12,19,25,29H,13-17H2/t19-,25-/m1/s1. The minimum atomic E-state index is 0.236. The largest absolute Gasteiger partial charge is 0.396 e. The maximum absolute atomic E-state index is 9.91. The summed E-state index contributed by atoms with van der Waals surface area (Å²) in [6.07, 6.45) is 2.99. The van der Waals surface area contributed by atoms with Gasteiger partial charge in [0.25, 0.3) is 0 Å². The molecule has 29 heavy (non-hydrogen) atoms. The van der Waals surface area contributed by atoms with E-state index in [0.717, 1.165) is 25.8 Å². The zero-order chi connectivity index (χ0) is 19.4. The highest BCUT2D eigenvalue weighted by Gasteiger charge is 2.38. The van der Waals surface area contributed by atoms with Crippen molar-refractivity contribution in [2.45, 2.75) is 31.2 Å². The molecular formula is C27H25NO. The first-order valence-electron chi connectivity index (χ1n) is 10.8. The molecular weight excluding hydrogens is 354 g/mol. The van der Waals surface area contributed by atoms with Crippen molar-refractivity contribution in [2.24, 2.45) is 0 Å². The summed E-state index contributed by atoms with van der Waals surface area (Å²) in [6.45, 7) is 1.29. The van der Waals surface area contributed by atoms with Gasteiger partial charge in [0.1, 0.15) is 0 Å². The molecule has 2 aliphatic heterocycles. The van der Waals surface area contributed by atoms with Gasteiger partial charge < -0.3 is 10.0 Å². The van der Waals surface area contributed by atoms with E-state index in [-0.39, 0.29) is 6.61 Å². The Morgan fingerprint density at radius 3 is 2.24 bits per heavy atom. The van der Waals surface area contributed by atoms with Gasteiger partial charge in [-0.2, -0.15) is 0 Å². The van der Waals surface area contributed by atoms with Crippen LogP contribution in [0.1, 0.15) is 41.5 Å². The zero-order valence-electron chi connectivity index (χ0n) is 16.5. The van der Waals surface area contributed by atoms with Crippen LogP contribution in [0.2, 0.25) is 0 Å². The summed E-state index contributed by atoms with van der Waals surface area (Å²) in [5, 5.41) is 15.3. The van der Waals surface area contributed by atoms with E-state index >= 15 is 0 Å². The number of aliphatic hydroxyl groups is 1. The first-order chi connectivity index (χ1) is 14.4. The smallest absolute Gasteiger partial charge is 0.0551 e. The molecule has 4 aromatic carbocycles. The van der Waals surface area contributed by atoms with Gasteiger partial charge in [-0.1, -0.05) is 72.8 Å². The van der Waals surface area contributed by atoms with Gasteiger partial charge in [-0.15, -0.1) is 0 Å². The van der Waals surface area contributed by atoms with Crippen molar-refractivity contribution in [1.82, 2.24) is 0 Å². The molecule has 2 heterocycles. The molecule has 2 atom stereocenters. The predicted molar refractivity (Wildman–Crippen MR) is 121 cm³/mol. The van der Waals surface area contributed by atoms with E-state index in [1.807, 2.05) is 0 Å². The van der Waals surface area contributed by atoms with Crippen molar-refractivity contribution < 1.29 is 5.11 Å². The zero-order valence-corrected chi connectivity index (χ0v) is 16.5. The Labute approximate surface area is 171 Å². The van der Waals surface area contributed by atoms with E-state index in [0.29, 0.717) is 12.0 Å². The summed E-state index contributed by atoms with van der Waals surface area (Å²) in [5.74, 6) is 0.372. The Hall–Kier alpha value is -2.84. The average Bonchev–Trinajstić information content (AvgIpc) is 2.79. The molecule has 0 radical (unpaired) electrons. The van der Waals surface area contributed by atoms with Crippen LogP contribution in [0.15, 0.2) is 72.8 Å². The van der Waals surface area contributed by atoms with E-state index in [4.69, 9.17) is 0 Å². The first-order valence-corrected chi connectivity index (χ1v) is 10.8. The molecule has 2 heteroatoms. The summed E-state index contributed by atoms with van der Waals surface area (Å²) in [6, 6.07) is 27.1. The molecule has 6 rings (SSSR count). The molecule has 0 saturated carbocycles. The van der Waals surface area contributed by atoms with Crippen molar-refractivity contribution in [1.29, 1.82) is 0 Å². The van der Waals surface area contributed by atoms with Gasteiger partial charge in [0, 0.05) is 24.2 Å². The van der Waals surface area contributed by atoms with Crippen LogP contribution in [-0.4, -0.2) is 18.3 Å². The van der Waals surface area contributed by atoms with Crippen LogP contribution in [0, 0.1) is 0 Å². The van der Waals surface area contributed by atoms with Gasteiger partial charge in [-0.25, -0.2) is 0 Å². The fourth-order valence-electron chi connectivity index (χ4n) is 5.85. The second-order valence-electron chi connectivity index (χ2n) is 8.46. The van der Waals surface area contributed by atoms with Crippen LogP contribution in [0.4, 0.5) is 5.69 Å². The van der Waals surface area contributed by atoms with Crippen molar-refractivity contribution in [2.75, 3.05) is 18.1 Å². The van der Waals surface area contributed by atoms with E-state index in [1.54, 1.807) is 0 Å². The van der Waals surface area contributed by atoms with Crippen LogP contribution < -0.4 is 4.90 Å². The quantitative estimate of drug-likeness (QED) is 0.434. The molecule has 0 unspecified atom stereocenters. The second-order valence-corrected chi connectivity index (χ2v) is 8.46. The summed E-state index contributed by atoms with van der Waals surface area (Å²) < 4.78 is 0. The summed E-state index contributed by atoms with van der Waals surface area (Å²) in [5.41, 5.74) is 5.82. The van der Waals surface area contributed by atoms with Crippen LogP contribution >= 0.6 is 0 Å². The third-order valence-corrected chi connectivity index (χ3v) is 7.04. The van der Waals surface area contributed by atoms with Crippen LogP contribution in [0.5, 0.6) is 0 Å². The van der Waals surface area contributed by atoms with Crippen LogP contribution in [-0.2, 0) is 6.42 Å². The van der Waals surface area contributed by atoms with E-state index in [1.165, 1.54) is 43.9 Å². The van der Waals surface area contributed by atoms with Gasteiger partial charge in [-0.05, 0) is 58.0 Å². The normalized spacial score (nSPS) is 20.4. The van der Waals surface area contributed by atoms with E-state index < -0.39 is 0 Å². The second kappa shape index (κ2) is 6.60. The lowest BCUT2D eigenvalue weighted by molar-refractivity contribution is 0.266. The molecule has 0 amide bonds. The molecule has 0 aromatic heterocycles. The van der Waals surface area contributed by atoms with Crippen LogP contribution in [0.25, 0.3) is 21.5 Å².